The van der Waals surface area contributed by atoms with E-state index < -0.39 is 34.2 Å². The molecule has 1 aromatic heterocycles. The second-order valence-corrected chi connectivity index (χ2v) is 17.2. The summed E-state index contributed by atoms with van der Waals surface area (Å²) in [6.45, 7) is 0. The molecule has 11 aromatic rings. The van der Waals surface area contributed by atoms with Crippen LogP contribution in [0, 0.1) is 0 Å². The minimum atomic E-state index is -1.00. The van der Waals surface area contributed by atoms with Gasteiger partial charge >= 0.3 is 0 Å². The topological polar surface area (TPSA) is 109 Å². The van der Waals surface area contributed by atoms with Crippen molar-refractivity contribution in [2.75, 3.05) is 4.90 Å². The fraction of sp³-hybridized carbons (Fsp3) is 0.0164. The van der Waals surface area contributed by atoms with E-state index in [1.807, 2.05) is 18.2 Å². The number of fused-ring (bicyclic) bond motifs is 6. The first-order valence-corrected chi connectivity index (χ1v) is 22.5. The van der Waals surface area contributed by atoms with Crippen molar-refractivity contribution in [3.05, 3.63) is 247 Å². The van der Waals surface area contributed by atoms with Crippen LogP contribution in [-0.2, 0) is 5.41 Å². The fourth-order valence-corrected chi connectivity index (χ4v) is 10.6. The zero-order valence-electron chi connectivity index (χ0n) is 36.5. The molecule has 326 valence electrons. The third kappa shape index (κ3) is 6.06. The maximum Gasteiger partial charge on any atom is 0.208 e. The maximum absolute atomic E-state index is 10.9. The molecule has 5 N–H and O–H groups in total. The zero-order chi connectivity index (χ0) is 46.1. The van der Waals surface area contributed by atoms with Gasteiger partial charge in [0.25, 0.3) is 0 Å². The van der Waals surface area contributed by atoms with Crippen molar-refractivity contribution in [3.63, 3.8) is 0 Å². The predicted octanol–water partition coefficient (Wildman–Crippen LogP) is 14.5. The summed E-state index contributed by atoms with van der Waals surface area (Å²) in [7, 11) is 0. The van der Waals surface area contributed by atoms with Gasteiger partial charge in [-0.05, 0) is 117 Å². The van der Waals surface area contributed by atoms with Gasteiger partial charge < -0.3 is 35.0 Å². The molecule has 1 aliphatic rings. The standard InChI is InChI=1S/C61H42N2O5/c64-56-55(57(65)59(67)60(68)58(56)66)39-26-31-45(32-27-39)62(44-29-24-38(25-30-44)40-28-35-54-50(36-40)49-21-11-13-23-53(49)63(54)43-18-8-3-9-19-43)46-33-34-48-47-20-10-12-22-51(47)61(52(48)37-46,41-14-4-1-5-15-41)42-16-6-2-7-17-42/h1-37,64-68H. The summed E-state index contributed by atoms with van der Waals surface area (Å²) in [6, 6.07) is 77.9. The number of hydrogen-bond donors (Lipinski definition) is 5. The van der Waals surface area contributed by atoms with Crippen LogP contribution < -0.4 is 4.90 Å². The molecule has 7 heteroatoms. The van der Waals surface area contributed by atoms with Gasteiger partial charge in [-0.2, -0.15) is 0 Å². The van der Waals surface area contributed by atoms with Crippen molar-refractivity contribution >= 4 is 38.9 Å². The average molecular weight is 883 g/mol. The summed E-state index contributed by atoms with van der Waals surface area (Å²) in [4.78, 5) is 2.18. The van der Waals surface area contributed by atoms with E-state index in [1.54, 1.807) is 12.1 Å². The zero-order valence-corrected chi connectivity index (χ0v) is 36.5. The molecule has 0 amide bonds. The third-order valence-corrected chi connectivity index (χ3v) is 13.6. The van der Waals surface area contributed by atoms with Gasteiger partial charge in [0.2, 0.25) is 17.2 Å². The van der Waals surface area contributed by atoms with Crippen LogP contribution in [0.1, 0.15) is 22.3 Å². The van der Waals surface area contributed by atoms with Crippen molar-refractivity contribution in [2.24, 2.45) is 0 Å². The van der Waals surface area contributed by atoms with E-state index in [0.29, 0.717) is 5.56 Å². The first-order chi connectivity index (χ1) is 33.3. The van der Waals surface area contributed by atoms with Gasteiger partial charge in [-0.3, -0.25) is 0 Å². The summed E-state index contributed by atoms with van der Waals surface area (Å²) < 4.78 is 2.32. The smallest absolute Gasteiger partial charge is 0.208 e. The van der Waals surface area contributed by atoms with Crippen molar-refractivity contribution in [2.45, 2.75) is 5.41 Å². The van der Waals surface area contributed by atoms with Crippen LogP contribution in [0.25, 0.3) is 60.9 Å². The van der Waals surface area contributed by atoms with E-state index in [0.717, 1.165) is 67.2 Å². The summed E-state index contributed by atoms with van der Waals surface area (Å²) in [5.41, 5.74) is 14.5. The molecule has 10 aromatic carbocycles. The molecular formula is C61H42N2O5. The predicted molar refractivity (Wildman–Crippen MR) is 272 cm³/mol. The molecule has 1 heterocycles. The Morgan fingerprint density at radius 2 is 0.824 bits per heavy atom. The molecule has 0 atom stereocenters. The Bertz CT molecular complexity index is 3650. The Morgan fingerprint density at radius 1 is 0.338 bits per heavy atom. The SMILES string of the molecule is Oc1c(O)c(O)c(-c2ccc(N(c3ccc(-c4ccc5c(c4)c4ccccc4n5-c4ccccc4)cc3)c3ccc4c(c3)C(c3ccccc3)(c3ccccc3)c3ccccc3-4)cc2)c(O)c1O. The van der Waals surface area contributed by atoms with E-state index >= 15 is 0 Å². The largest absolute Gasteiger partial charge is 0.504 e. The monoisotopic (exact) mass is 882 g/mol. The van der Waals surface area contributed by atoms with Crippen LogP contribution >= 0.6 is 0 Å². The number of phenolic OH excluding ortho intramolecular Hbond substituents is 5. The van der Waals surface area contributed by atoms with Crippen LogP contribution in [0.4, 0.5) is 17.1 Å². The van der Waals surface area contributed by atoms with E-state index in [9.17, 15) is 25.5 Å². The maximum atomic E-state index is 10.9. The average Bonchev–Trinajstić information content (AvgIpc) is 3.89. The highest BCUT2D eigenvalue weighted by atomic mass is 16.4. The van der Waals surface area contributed by atoms with Gasteiger partial charge in [0, 0.05) is 33.5 Å². The molecule has 0 saturated heterocycles. The molecule has 0 aliphatic heterocycles. The lowest BCUT2D eigenvalue weighted by Crippen LogP contribution is -2.28. The van der Waals surface area contributed by atoms with E-state index in [1.165, 1.54) is 21.9 Å². The van der Waals surface area contributed by atoms with Gasteiger partial charge in [0.1, 0.15) is 0 Å². The molecule has 0 spiro atoms. The third-order valence-electron chi connectivity index (χ3n) is 13.6. The van der Waals surface area contributed by atoms with Gasteiger partial charge in [0.15, 0.2) is 11.5 Å². The number of para-hydroxylation sites is 2. The summed E-state index contributed by atoms with van der Waals surface area (Å²) >= 11 is 0. The first kappa shape index (κ1) is 40.3. The molecule has 0 saturated carbocycles. The summed E-state index contributed by atoms with van der Waals surface area (Å²) in [5, 5.41) is 55.0. The molecule has 0 unspecified atom stereocenters. The summed E-state index contributed by atoms with van der Waals surface area (Å²) in [6.07, 6.45) is 0. The van der Waals surface area contributed by atoms with Gasteiger partial charge in [0.05, 0.1) is 22.0 Å². The van der Waals surface area contributed by atoms with Crippen LogP contribution in [0.15, 0.2) is 224 Å². The number of hydrogen-bond acceptors (Lipinski definition) is 6. The highest BCUT2D eigenvalue weighted by Gasteiger charge is 2.46. The fourth-order valence-electron chi connectivity index (χ4n) is 10.6. The molecule has 68 heavy (non-hydrogen) atoms. The number of benzene rings is 10. The molecular weight excluding hydrogens is 841 g/mol. The summed E-state index contributed by atoms with van der Waals surface area (Å²) in [5.74, 6) is -4.37. The highest BCUT2D eigenvalue weighted by Crippen LogP contribution is 2.58. The minimum absolute atomic E-state index is 0.213. The van der Waals surface area contributed by atoms with Crippen molar-refractivity contribution in [1.82, 2.24) is 4.57 Å². The number of aromatic hydroxyl groups is 5. The van der Waals surface area contributed by atoms with E-state index in [-0.39, 0.29) is 5.56 Å². The van der Waals surface area contributed by atoms with Crippen molar-refractivity contribution < 1.29 is 25.5 Å². The van der Waals surface area contributed by atoms with Crippen LogP contribution in [0.2, 0.25) is 0 Å². The first-order valence-electron chi connectivity index (χ1n) is 22.5. The number of nitrogens with zero attached hydrogens (tertiary/aromatic N) is 2. The number of rotatable bonds is 8. The lowest BCUT2D eigenvalue weighted by atomic mass is 9.67. The second kappa shape index (κ2) is 15.8. The Hall–Kier alpha value is -9.20. The number of anilines is 3. The quantitative estimate of drug-likeness (QED) is 0.0768. The van der Waals surface area contributed by atoms with Gasteiger partial charge in [-0.25, -0.2) is 0 Å². The van der Waals surface area contributed by atoms with E-state index in [2.05, 4.69) is 204 Å². The Balaban J connectivity index is 1.03. The Morgan fingerprint density at radius 3 is 1.47 bits per heavy atom. The Kier molecular flexibility index (Phi) is 9.34. The Labute approximate surface area is 392 Å². The number of phenols is 5. The molecule has 12 rings (SSSR count). The van der Waals surface area contributed by atoms with Crippen LogP contribution in [-0.4, -0.2) is 30.1 Å². The van der Waals surface area contributed by atoms with Gasteiger partial charge in [-0.1, -0.05) is 158 Å². The lowest BCUT2D eigenvalue weighted by Gasteiger charge is -2.35. The van der Waals surface area contributed by atoms with Crippen LogP contribution in [0.5, 0.6) is 28.7 Å². The normalized spacial score (nSPS) is 12.5. The van der Waals surface area contributed by atoms with Crippen molar-refractivity contribution in [1.29, 1.82) is 0 Å². The van der Waals surface area contributed by atoms with Crippen molar-refractivity contribution in [3.8, 4) is 67.8 Å². The molecule has 0 fully saturated rings. The molecule has 0 radical (unpaired) electrons. The second-order valence-electron chi connectivity index (χ2n) is 17.2. The lowest BCUT2D eigenvalue weighted by molar-refractivity contribution is 0.330. The van der Waals surface area contributed by atoms with Gasteiger partial charge in [-0.15, -0.1) is 0 Å². The molecule has 1 aliphatic carbocycles. The van der Waals surface area contributed by atoms with Crippen LogP contribution in [0.3, 0.4) is 0 Å². The molecule has 7 nitrogen and oxygen atoms in total. The minimum Gasteiger partial charge on any atom is -0.504 e. The molecule has 0 bridgehead atoms. The number of aromatic nitrogens is 1. The van der Waals surface area contributed by atoms with E-state index in [4.69, 9.17) is 0 Å². The highest BCUT2D eigenvalue weighted by molar-refractivity contribution is 6.10.